The minimum absolute atomic E-state index is 0.339. The number of halogens is 1. The van der Waals surface area contributed by atoms with Crippen LogP contribution in [-0.2, 0) is 6.54 Å². The molecule has 0 saturated heterocycles. The Labute approximate surface area is 109 Å². The molecule has 0 atom stereocenters. The van der Waals surface area contributed by atoms with Crippen molar-refractivity contribution in [1.29, 1.82) is 0 Å². The van der Waals surface area contributed by atoms with Crippen LogP contribution < -0.4 is 0 Å². The Morgan fingerprint density at radius 2 is 2.11 bits per heavy atom. The standard InChI is InChI=1S/C12H10ClN5/c13-12-16-11-4-2-1-3-9(11)7-15-18(12)8-10-5-6-14-17-10/h1-7H,8H2,(H,14,17). The van der Waals surface area contributed by atoms with Crippen molar-refractivity contribution >= 4 is 28.8 Å². The quantitative estimate of drug-likeness (QED) is 0.843. The minimum Gasteiger partial charge on any atom is -0.281 e. The van der Waals surface area contributed by atoms with E-state index in [9.17, 15) is 0 Å². The maximum absolute atomic E-state index is 6.16. The van der Waals surface area contributed by atoms with Crippen molar-refractivity contribution in [3.05, 3.63) is 47.8 Å². The number of hydrogen-bond acceptors (Lipinski definition) is 4. The molecule has 0 aliphatic carbocycles. The number of amidine groups is 1. The van der Waals surface area contributed by atoms with Crippen molar-refractivity contribution in [2.24, 2.45) is 10.1 Å². The molecule has 0 unspecified atom stereocenters. The van der Waals surface area contributed by atoms with Crippen molar-refractivity contribution in [2.75, 3.05) is 0 Å². The Kier molecular flexibility index (Phi) is 2.82. The molecule has 0 saturated carbocycles. The minimum atomic E-state index is 0.339. The van der Waals surface area contributed by atoms with E-state index in [1.54, 1.807) is 17.4 Å². The molecular weight excluding hydrogens is 250 g/mol. The molecule has 5 nitrogen and oxygen atoms in total. The zero-order valence-electron chi connectivity index (χ0n) is 9.42. The Morgan fingerprint density at radius 1 is 1.22 bits per heavy atom. The highest BCUT2D eigenvalue weighted by Crippen LogP contribution is 2.22. The molecule has 1 aromatic heterocycles. The molecule has 3 rings (SSSR count). The van der Waals surface area contributed by atoms with Gasteiger partial charge in [0.2, 0.25) is 5.29 Å². The fourth-order valence-corrected chi connectivity index (χ4v) is 1.87. The summed E-state index contributed by atoms with van der Waals surface area (Å²) in [6.45, 7) is 0.507. The first-order chi connectivity index (χ1) is 8.83. The number of fused-ring (bicyclic) bond motifs is 1. The fourth-order valence-electron chi connectivity index (χ4n) is 1.68. The molecule has 1 aliphatic rings. The molecule has 2 heterocycles. The highest BCUT2D eigenvalue weighted by molar-refractivity contribution is 6.64. The molecule has 0 bridgehead atoms. The summed E-state index contributed by atoms with van der Waals surface area (Å²) in [7, 11) is 0. The van der Waals surface area contributed by atoms with Crippen molar-refractivity contribution < 1.29 is 0 Å². The van der Waals surface area contributed by atoms with Crippen molar-refractivity contribution in [3.8, 4) is 0 Å². The molecule has 0 fully saturated rings. The second-order valence-electron chi connectivity index (χ2n) is 3.82. The third-order valence-electron chi connectivity index (χ3n) is 2.58. The number of aromatic amines is 1. The van der Waals surface area contributed by atoms with E-state index in [0.29, 0.717) is 11.8 Å². The average Bonchev–Trinajstić information content (AvgIpc) is 2.83. The summed E-state index contributed by atoms with van der Waals surface area (Å²) in [5.74, 6) is 0. The van der Waals surface area contributed by atoms with Gasteiger partial charge in [0.15, 0.2) is 0 Å². The molecule has 18 heavy (non-hydrogen) atoms. The zero-order chi connectivity index (χ0) is 12.4. The number of para-hydroxylation sites is 1. The number of nitrogens with one attached hydrogen (secondary N) is 1. The number of hydrazone groups is 1. The lowest BCUT2D eigenvalue weighted by Crippen LogP contribution is -2.20. The highest BCUT2D eigenvalue weighted by atomic mass is 35.5. The monoisotopic (exact) mass is 259 g/mol. The molecule has 0 radical (unpaired) electrons. The Balaban J connectivity index is 1.92. The third-order valence-corrected chi connectivity index (χ3v) is 2.86. The van der Waals surface area contributed by atoms with Crippen LogP contribution in [0.25, 0.3) is 0 Å². The Hall–Kier alpha value is -2.14. The smallest absolute Gasteiger partial charge is 0.220 e. The van der Waals surface area contributed by atoms with Crippen LogP contribution in [0, 0.1) is 0 Å². The van der Waals surface area contributed by atoms with Crippen LogP contribution in [0.2, 0.25) is 0 Å². The molecule has 1 aliphatic heterocycles. The van der Waals surface area contributed by atoms with Gasteiger partial charge in [-0.3, -0.25) is 5.10 Å². The van der Waals surface area contributed by atoms with Crippen LogP contribution >= 0.6 is 11.6 Å². The summed E-state index contributed by atoms with van der Waals surface area (Å²) in [5.41, 5.74) is 2.69. The lowest BCUT2D eigenvalue weighted by molar-refractivity contribution is 0.443. The maximum atomic E-state index is 6.16. The first-order valence-electron chi connectivity index (χ1n) is 5.46. The molecule has 6 heteroatoms. The third kappa shape index (κ3) is 2.12. The van der Waals surface area contributed by atoms with E-state index in [0.717, 1.165) is 16.9 Å². The normalized spacial score (nSPS) is 14.1. The van der Waals surface area contributed by atoms with E-state index in [-0.39, 0.29) is 0 Å². The first kappa shape index (κ1) is 11.0. The van der Waals surface area contributed by atoms with E-state index < -0.39 is 0 Å². The largest absolute Gasteiger partial charge is 0.281 e. The lowest BCUT2D eigenvalue weighted by atomic mass is 10.2. The molecular formula is C12H10ClN5. The number of aliphatic imine (C=N–C) groups is 1. The predicted molar refractivity (Wildman–Crippen MR) is 71.1 cm³/mol. The second kappa shape index (κ2) is 4.62. The van der Waals surface area contributed by atoms with Gasteiger partial charge >= 0.3 is 0 Å². The number of aromatic nitrogens is 2. The lowest BCUT2D eigenvalue weighted by Gasteiger charge is -2.13. The number of nitrogens with zero attached hydrogens (tertiary/aromatic N) is 4. The van der Waals surface area contributed by atoms with Gasteiger partial charge in [-0.15, -0.1) is 0 Å². The summed E-state index contributed by atoms with van der Waals surface area (Å²) in [5, 5.41) is 13.0. The predicted octanol–water partition coefficient (Wildman–Crippen LogP) is 2.49. The Morgan fingerprint density at radius 3 is 2.94 bits per heavy atom. The molecule has 0 spiro atoms. The van der Waals surface area contributed by atoms with Gasteiger partial charge in [0.05, 0.1) is 24.1 Å². The maximum Gasteiger partial charge on any atom is 0.220 e. The SMILES string of the molecule is ClC1=Nc2ccccc2C=NN1Cc1ccn[nH]1. The van der Waals surface area contributed by atoms with Gasteiger partial charge in [-0.25, -0.2) is 10.0 Å². The molecule has 1 aromatic carbocycles. The van der Waals surface area contributed by atoms with Gasteiger partial charge in [0.1, 0.15) is 0 Å². The van der Waals surface area contributed by atoms with E-state index in [2.05, 4.69) is 20.3 Å². The first-order valence-corrected chi connectivity index (χ1v) is 5.84. The van der Waals surface area contributed by atoms with Gasteiger partial charge in [0, 0.05) is 11.8 Å². The number of hydrogen-bond donors (Lipinski definition) is 1. The molecule has 1 N–H and O–H groups in total. The van der Waals surface area contributed by atoms with E-state index in [1.165, 1.54) is 0 Å². The molecule has 2 aromatic rings. The summed E-state index contributed by atoms with van der Waals surface area (Å²) >= 11 is 6.16. The number of rotatable bonds is 2. The average molecular weight is 260 g/mol. The van der Waals surface area contributed by atoms with Crippen LogP contribution in [0.5, 0.6) is 0 Å². The van der Waals surface area contributed by atoms with Gasteiger partial charge in [-0.05, 0) is 23.7 Å². The van der Waals surface area contributed by atoms with Crippen LogP contribution in [-0.4, -0.2) is 26.7 Å². The summed E-state index contributed by atoms with van der Waals surface area (Å²) in [4.78, 5) is 4.35. The van der Waals surface area contributed by atoms with Gasteiger partial charge in [-0.2, -0.15) is 10.2 Å². The van der Waals surface area contributed by atoms with Crippen LogP contribution in [0.1, 0.15) is 11.3 Å². The topological polar surface area (TPSA) is 56.6 Å². The summed E-state index contributed by atoms with van der Waals surface area (Å²) in [6.07, 6.45) is 3.45. The number of H-pyrrole nitrogens is 1. The fraction of sp³-hybridized carbons (Fsp3) is 0.0833. The van der Waals surface area contributed by atoms with E-state index in [4.69, 9.17) is 11.6 Å². The van der Waals surface area contributed by atoms with Crippen molar-refractivity contribution in [2.45, 2.75) is 6.54 Å². The van der Waals surface area contributed by atoms with Crippen molar-refractivity contribution in [1.82, 2.24) is 15.2 Å². The van der Waals surface area contributed by atoms with Gasteiger partial charge < -0.3 is 0 Å². The molecule has 0 amide bonds. The van der Waals surface area contributed by atoms with Gasteiger partial charge in [-0.1, -0.05) is 18.2 Å². The van der Waals surface area contributed by atoms with Crippen LogP contribution in [0.3, 0.4) is 0 Å². The van der Waals surface area contributed by atoms with E-state index in [1.807, 2.05) is 30.3 Å². The van der Waals surface area contributed by atoms with Crippen LogP contribution in [0.15, 0.2) is 46.6 Å². The summed E-state index contributed by atoms with van der Waals surface area (Å²) in [6, 6.07) is 9.59. The summed E-state index contributed by atoms with van der Waals surface area (Å²) < 4.78 is 0. The molecule has 90 valence electrons. The Bertz CT molecular complexity index is 603. The van der Waals surface area contributed by atoms with Gasteiger partial charge in [0.25, 0.3) is 0 Å². The number of benzene rings is 1. The second-order valence-corrected chi connectivity index (χ2v) is 4.16. The van der Waals surface area contributed by atoms with Crippen molar-refractivity contribution in [3.63, 3.8) is 0 Å². The van der Waals surface area contributed by atoms with Crippen LogP contribution in [0.4, 0.5) is 5.69 Å². The zero-order valence-corrected chi connectivity index (χ0v) is 10.2. The van der Waals surface area contributed by atoms with E-state index >= 15 is 0 Å². The highest BCUT2D eigenvalue weighted by Gasteiger charge is 2.13.